The van der Waals surface area contributed by atoms with Crippen molar-refractivity contribution < 1.29 is 4.79 Å². The van der Waals surface area contributed by atoms with Crippen LogP contribution in [0.1, 0.15) is 39.2 Å². The number of rotatable bonds is 7. The largest absolute Gasteiger partial charge is 0.330 e. The smallest absolute Gasteiger partial charge is 0.229 e. The monoisotopic (exact) mass is 262 g/mol. The van der Waals surface area contributed by atoms with Gasteiger partial charge in [0.2, 0.25) is 5.91 Å². The number of aryl methyl sites for hydroxylation is 1. The number of carbonyl (C=O) groups is 1. The van der Waals surface area contributed by atoms with E-state index in [0.717, 1.165) is 12.1 Å². The molecule has 3 heteroatoms. The van der Waals surface area contributed by atoms with Gasteiger partial charge in [0.15, 0.2) is 0 Å². The van der Waals surface area contributed by atoms with E-state index in [-0.39, 0.29) is 17.7 Å². The SMILES string of the molecule is CCCCc1ccc(NC(=O)C(CN)C(C)C)cc1. The standard InChI is InChI=1S/C16H26N2O/c1-4-5-6-13-7-9-14(10-8-13)18-16(19)15(11-17)12(2)3/h7-10,12,15H,4-6,11,17H2,1-3H3,(H,18,19). The zero-order valence-corrected chi connectivity index (χ0v) is 12.3. The van der Waals surface area contributed by atoms with Crippen molar-refractivity contribution in [3.8, 4) is 0 Å². The van der Waals surface area contributed by atoms with Crippen LogP contribution in [0.15, 0.2) is 24.3 Å². The van der Waals surface area contributed by atoms with Gasteiger partial charge in [0.05, 0.1) is 5.92 Å². The number of carbonyl (C=O) groups excluding carboxylic acids is 1. The molecule has 0 fully saturated rings. The van der Waals surface area contributed by atoms with E-state index in [0.29, 0.717) is 6.54 Å². The minimum Gasteiger partial charge on any atom is -0.330 e. The van der Waals surface area contributed by atoms with Crippen molar-refractivity contribution in [2.75, 3.05) is 11.9 Å². The average Bonchev–Trinajstić information content (AvgIpc) is 2.38. The van der Waals surface area contributed by atoms with E-state index in [1.807, 2.05) is 26.0 Å². The third kappa shape index (κ3) is 5.03. The normalized spacial score (nSPS) is 12.5. The first-order valence-electron chi connectivity index (χ1n) is 7.18. The minimum absolute atomic E-state index is 0.0128. The number of hydrogen-bond donors (Lipinski definition) is 2. The Hall–Kier alpha value is -1.35. The molecule has 3 N–H and O–H groups in total. The van der Waals surface area contributed by atoms with E-state index in [9.17, 15) is 4.79 Å². The van der Waals surface area contributed by atoms with E-state index < -0.39 is 0 Å². The van der Waals surface area contributed by atoms with Gasteiger partial charge in [-0.2, -0.15) is 0 Å². The van der Waals surface area contributed by atoms with Crippen LogP contribution in [0.3, 0.4) is 0 Å². The third-order valence-electron chi connectivity index (χ3n) is 3.44. The maximum atomic E-state index is 12.1. The van der Waals surface area contributed by atoms with Crippen molar-refractivity contribution in [1.29, 1.82) is 0 Å². The molecule has 0 saturated heterocycles. The van der Waals surface area contributed by atoms with Crippen LogP contribution < -0.4 is 11.1 Å². The van der Waals surface area contributed by atoms with Crippen molar-refractivity contribution in [2.45, 2.75) is 40.0 Å². The van der Waals surface area contributed by atoms with Crippen molar-refractivity contribution in [3.63, 3.8) is 0 Å². The number of nitrogens with one attached hydrogen (secondary N) is 1. The molecule has 0 radical (unpaired) electrons. The van der Waals surface area contributed by atoms with Gasteiger partial charge in [-0.1, -0.05) is 39.3 Å². The first-order chi connectivity index (χ1) is 9.08. The molecule has 106 valence electrons. The van der Waals surface area contributed by atoms with E-state index in [4.69, 9.17) is 5.73 Å². The number of hydrogen-bond acceptors (Lipinski definition) is 2. The highest BCUT2D eigenvalue weighted by Gasteiger charge is 2.20. The number of unbranched alkanes of at least 4 members (excludes halogenated alkanes) is 1. The molecule has 1 aromatic carbocycles. The Kier molecular flexibility index (Phi) is 6.57. The van der Waals surface area contributed by atoms with Gasteiger partial charge in [0, 0.05) is 12.2 Å². The summed E-state index contributed by atoms with van der Waals surface area (Å²) in [5, 5.41) is 2.94. The van der Waals surface area contributed by atoms with Crippen LogP contribution in [0.5, 0.6) is 0 Å². The molecule has 0 aliphatic heterocycles. The van der Waals surface area contributed by atoms with E-state index in [2.05, 4.69) is 24.4 Å². The van der Waals surface area contributed by atoms with E-state index in [1.165, 1.54) is 18.4 Å². The summed E-state index contributed by atoms with van der Waals surface area (Å²) in [6.45, 7) is 6.61. The summed E-state index contributed by atoms with van der Waals surface area (Å²) in [7, 11) is 0. The van der Waals surface area contributed by atoms with Gasteiger partial charge in [-0.05, 0) is 36.5 Å². The first-order valence-corrected chi connectivity index (χ1v) is 7.18. The topological polar surface area (TPSA) is 55.1 Å². The predicted octanol–water partition coefficient (Wildman–Crippen LogP) is 3.20. The fourth-order valence-electron chi connectivity index (χ4n) is 2.05. The molecular formula is C16H26N2O. The molecule has 0 aliphatic carbocycles. The molecule has 1 atom stereocenters. The Morgan fingerprint density at radius 1 is 1.26 bits per heavy atom. The molecule has 0 saturated carbocycles. The Balaban J connectivity index is 2.59. The van der Waals surface area contributed by atoms with Crippen LogP contribution in [-0.2, 0) is 11.2 Å². The van der Waals surface area contributed by atoms with Gasteiger partial charge >= 0.3 is 0 Å². The molecule has 1 aromatic rings. The lowest BCUT2D eigenvalue weighted by Gasteiger charge is -2.18. The Bertz CT molecular complexity index is 384. The van der Waals surface area contributed by atoms with E-state index in [1.54, 1.807) is 0 Å². The summed E-state index contributed by atoms with van der Waals surface area (Å²) in [4.78, 5) is 12.1. The van der Waals surface area contributed by atoms with Gasteiger partial charge in [-0.3, -0.25) is 4.79 Å². The summed E-state index contributed by atoms with van der Waals surface area (Å²) in [6, 6.07) is 8.10. The van der Waals surface area contributed by atoms with Gasteiger partial charge in [-0.25, -0.2) is 0 Å². The third-order valence-corrected chi connectivity index (χ3v) is 3.44. The summed E-state index contributed by atoms with van der Waals surface area (Å²) >= 11 is 0. The molecule has 0 spiro atoms. The summed E-state index contributed by atoms with van der Waals surface area (Å²) in [5.74, 6) is 0.146. The molecule has 1 amide bonds. The van der Waals surface area contributed by atoms with Crippen molar-refractivity contribution in [1.82, 2.24) is 0 Å². The zero-order valence-electron chi connectivity index (χ0n) is 12.3. The summed E-state index contributed by atoms with van der Waals surface area (Å²) in [6.07, 6.45) is 3.50. The first kappa shape index (κ1) is 15.7. The van der Waals surface area contributed by atoms with Crippen LogP contribution in [0.2, 0.25) is 0 Å². The average molecular weight is 262 g/mol. The Morgan fingerprint density at radius 3 is 2.37 bits per heavy atom. The number of amides is 1. The highest BCUT2D eigenvalue weighted by molar-refractivity contribution is 5.92. The quantitative estimate of drug-likeness (QED) is 0.793. The molecule has 0 aromatic heterocycles. The number of benzene rings is 1. The fraction of sp³-hybridized carbons (Fsp3) is 0.562. The van der Waals surface area contributed by atoms with Crippen molar-refractivity contribution >= 4 is 11.6 Å². The van der Waals surface area contributed by atoms with Crippen molar-refractivity contribution in [2.24, 2.45) is 17.6 Å². The predicted molar refractivity (Wildman–Crippen MR) is 81.1 cm³/mol. The van der Waals surface area contributed by atoms with Crippen LogP contribution in [-0.4, -0.2) is 12.5 Å². The van der Waals surface area contributed by atoms with Gasteiger partial charge in [0.1, 0.15) is 0 Å². The van der Waals surface area contributed by atoms with Gasteiger partial charge < -0.3 is 11.1 Å². The van der Waals surface area contributed by atoms with Gasteiger partial charge in [0.25, 0.3) is 0 Å². The Morgan fingerprint density at radius 2 is 1.89 bits per heavy atom. The lowest BCUT2D eigenvalue weighted by Crippen LogP contribution is -2.33. The van der Waals surface area contributed by atoms with Gasteiger partial charge in [-0.15, -0.1) is 0 Å². The second-order valence-corrected chi connectivity index (χ2v) is 5.38. The second kappa shape index (κ2) is 7.95. The minimum atomic E-state index is -0.125. The van der Waals surface area contributed by atoms with Crippen LogP contribution in [0.4, 0.5) is 5.69 Å². The maximum Gasteiger partial charge on any atom is 0.229 e. The zero-order chi connectivity index (χ0) is 14.3. The molecule has 1 rings (SSSR count). The molecule has 19 heavy (non-hydrogen) atoms. The summed E-state index contributed by atoms with van der Waals surface area (Å²) in [5.41, 5.74) is 7.82. The van der Waals surface area contributed by atoms with Crippen LogP contribution in [0.25, 0.3) is 0 Å². The fourth-order valence-corrected chi connectivity index (χ4v) is 2.05. The van der Waals surface area contributed by atoms with Crippen LogP contribution in [0, 0.1) is 11.8 Å². The van der Waals surface area contributed by atoms with Crippen molar-refractivity contribution in [3.05, 3.63) is 29.8 Å². The highest BCUT2D eigenvalue weighted by atomic mass is 16.1. The number of nitrogens with two attached hydrogens (primary N) is 1. The second-order valence-electron chi connectivity index (χ2n) is 5.38. The molecular weight excluding hydrogens is 236 g/mol. The lowest BCUT2D eigenvalue weighted by molar-refractivity contribution is -0.120. The number of anilines is 1. The molecule has 3 nitrogen and oxygen atoms in total. The lowest BCUT2D eigenvalue weighted by atomic mass is 9.95. The maximum absolute atomic E-state index is 12.1. The highest BCUT2D eigenvalue weighted by Crippen LogP contribution is 2.15. The molecule has 0 heterocycles. The van der Waals surface area contributed by atoms with Crippen LogP contribution >= 0.6 is 0 Å². The Labute approximate surface area is 116 Å². The summed E-state index contributed by atoms with van der Waals surface area (Å²) < 4.78 is 0. The molecule has 1 unspecified atom stereocenters. The molecule has 0 bridgehead atoms. The molecule has 0 aliphatic rings. The van der Waals surface area contributed by atoms with E-state index >= 15 is 0 Å².